The summed E-state index contributed by atoms with van der Waals surface area (Å²) in [5.41, 5.74) is 5.78. The lowest BCUT2D eigenvalue weighted by Gasteiger charge is -2.43. The molecule has 1 amide bonds. The smallest absolute Gasteiger partial charge is 0.407 e. The van der Waals surface area contributed by atoms with Gasteiger partial charge in [-0.05, 0) is 18.8 Å². The van der Waals surface area contributed by atoms with Crippen molar-refractivity contribution in [3.8, 4) is 0 Å². The number of carbonyl (C=O) groups is 1. The molecule has 8 heteroatoms. The highest BCUT2D eigenvalue weighted by molar-refractivity contribution is 5.66. The van der Waals surface area contributed by atoms with Gasteiger partial charge in [0.05, 0.1) is 6.04 Å². The van der Waals surface area contributed by atoms with E-state index in [2.05, 4.69) is 15.3 Å². The standard InChI is InChI=1S/C14H22N6O2/c1-19(14(21)22)10-7-20(8-10)12-5-11(17-13(15)18-12)16-6-9-3-2-4-9/h5,9-10H,2-4,6-8H2,1H3,(H,21,22)(H3,15,16,17,18). The van der Waals surface area contributed by atoms with Gasteiger partial charge in [0.1, 0.15) is 11.6 Å². The first kappa shape index (κ1) is 14.7. The molecule has 2 aliphatic rings. The Morgan fingerprint density at radius 3 is 2.82 bits per heavy atom. The number of carboxylic acid groups (broad SMARTS) is 1. The van der Waals surface area contributed by atoms with Gasteiger partial charge in [0, 0.05) is 32.7 Å². The lowest BCUT2D eigenvalue weighted by molar-refractivity contribution is 0.129. The minimum absolute atomic E-state index is 0.0000698. The molecule has 0 aromatic carbocycles. The van der Waals surface area contributed by atoms with Crippen LogP contribution in [0, 0.1) is 5.92 Å². The average molecular weight is 306 g/mol. The van der Waals surface area contributed by atoms with Crippen LogP contribution in [0.3, 0.4) is 0 Å². The van der Waals surface area contributed by atoms with E-state index in [1.807, 2.05) is 11.0 Å². The highest BCUT2D eigenvalue weighted by Crippen LogP contribution is 2.27. The molecule has 0 atom stereocenters. The fraction of sp³-hybridized carbons (Fsp3) is 0.643. The molecule has 1 aromatic heterocycles. The summed E-state index contributed by atoms with van der Waals surface area (Å²) < 4.78 is 0. The third kappa shape index (κ3) is 3.00. The lowest BCUT2D eigenvalue weighted by atomic mass is 9.85. The second-order valence-corrected chi connectivity index (χ2v) is 6.10. The van der Waals surface area contributed by atoms with E-state index in [4.69, 9.17) is 10.8 Å². The van der Waals surface area contributed by atoms with Crippen molar-refractivity contribution in [1.82, 2.24) is 14.9 Å². The monoisotopic (exact) mass is 306 g/mol. The fourth-order valence-corrected chi connectivity index (χ4v) is 2.69. The van der Waals surface area contributed by atoms with Crippen molar-refractivity contribution in [3.63, 3.8) is 0 Å². The minimum Gasteiger partial charge on any atom is -0.465 e. The van der Waals surface area contributed by atoms with Crippen LogP contribution in [-0.4, -0.2) is 58.8 Å². The Hall–Kier alpha value is -2.25. The summed E-state index contributed by atoms with van der Waals surface area (Å²) in [4.78, 5) is 22.7. The molecule has 8 nitrogen and oxygen atoms in total. The molecule has 0 radical (unpaired) electrons. The minimum atomic E-state index is -0.908. The molecule has 120 valence electrons. The number of likely N-dealkylation sites (N-methyl/N-ethyl adjacent to an activating group) is 1. The van der Waals surface area contributed by atoms with Crippen LogP contribution in [-0.2, 0) is 0 Å². The summed E-state index contributed by atoms with van der Waals surface area (Å²) in [6.07, 6.45) is 2.95. The number of amides is 1. The van der Waals surface area contributed by atoms with Crippen LogP contribution in [0.15, 0.2) is 6.07 Å². The second kappa shape index (κ2) is 5.86. The molecule has 0 unspecified atom stereocenters. The van der Waals surface area contributed by atoms with Crippen molar-refractivity contribution in [2.24, 2.45) is 5.92 Å². The quantitative estimate of drug-likeness (QED) is 0.746. The third-order valence-electron chi connectivity index (χ3n) is 4.56. The molecular weight excluding hydrogens is 284 g/mol. The van der Waals surface area contributed by atoms with Crippen molar-refractivity contribution in [2.75, 3.05) is 42.6 Å². The van der Waals surface area contributed by atoms with Crippen LogP contribution in [0.1, 0.15) is 19.3 Å². The summed E-state index contributed by atoms with van der Waals surface area (Å²) in [5.74, 6) is 2.46. The maximum absolute atomic E-state index is 10.9. The van der Waals surface area contributed by atoms with Gasteiger partial charge in [0.25, 0.3) is 0 Å². The molecule has 4 N–H and O–H groups in total. The Bertz CT molecular complexity index is 556. The largest absolute Gasteiger partial charge is 0.465 e. The molecule has 1 saturated heterocycles. The van der Waals surface area contributed by atoms with Crippen molar-refractivity contribution in [2.45, 2.75) is 25.3 Å². The average Bonchev–Trinajstić information content (AvgIpc) is 2.34. The number of nitrogens with two attached hydrogens (primary N) is 1. The van der Waals surface area contributed by atoms with E-state index in [-0.39, 0.29) is 12.0 Å². The van der Waals surface area contributed by atoms with E-state index in [1.54, 1.807) is 7.05 Å². The predicted molar refractivity (Wildman–Crippen MR) is 84.1 cm³/mol. The molecule has 0 spiro atoms. The number of nitrogens with zero attached hydrogens (tertiary/aromatic N) is 4. The van der Waals surface area contributed by atoms with Crippen molar-refractivity contribution < 1.29 is 9.90 Å². The molecule has 2 fully saturated rings. The van der Waals surface area contributed by atoms with E-state index < -0.39 is 6.09 Å². The first-order valence-electron chi connectivity index (χ1n) is 7.62. The van der Waals surface area contributed by atoms with E-state index >= 15 is 0 Å². The lowest BCUT2D eigenvalue weighted by Crippen LogP contribution is -2.59. The number of hydrogen-bond acceptors (Lipinski definition) is 6. The summed E-state index contributed by atoms with van der Waals surface area (Å²) in [7, 11) is 1.59. The maximum atomic E-state index is 10.9. The van der Waals surface area contributed by atoms with E-state index in [0.29, 0.717) is 13.1 Å². The van der Waals surface area contributed by atoms with E-state index in [9.17, 15) is 4.79 Å². The topological polar surface area (TPSA) is 108 Å². The first-order chi connectivity index (χ1) is 10.5. The molecule has 1 aliphatic heterocycles. The number of aromatic nitrogens is 2. The zero-order valence-corrected chi connectivity index (χ0v) is 12.7. The zero-order chi connectivity index (χ0) is 15.7. The van der Waals surface area contributed by atoms with Crippen LogP contribution in [0.25, 0.3) is 0 Å². The highest BCUT2D eigenvalue weighted by atomic mass is 16.4. The first-order valence-corrected chi connectivity index (χ1v) is 7.62. The van der Waals surface area contributed by atoms with Crippen molar-refractivity contribution >= 4 is 23.7 Å². The van der Waals surface area contributed by atoms with Crippen LogP contribution in [0.2, 0.25) is 0 Å². The van der Waals surface area contributed by atoms with Gasteiger partial charge in [-0.3, -0.25) is 0 Å². The van der Waals surface area contributed by atoms with Gasteiger partial charge in [-0.25, -0.2) is 4.79 Å². The predicted octanol–water partition coefficient (Wildman–Crippen LogP) is 1.07. The van der Waals surface area contributed by atoms with Gasteiger partial charge in [0.2, 0.25) is 5.95 Å². The SMILES string of the molecule is CN(C(=O)O)C1CN(c2cc(NCC3CCC3)nc(N)n2)C1. The Labute approximate surface area is 129 Å². The Kier molecular flexibility index (Phi) is 3.91. The number of nitrogen functional groups attached to an aromatic ring is 1. The van der Waals surface area contributed by atoms with Gasteiger partial charge in [0.15, 0.2) is 0 Å². The molecular formula is C14H22N6O2. The molecule has 0 bridgehead atoms. The maximum Gasteiger partial charge on any atom is 0.407 e. The van der Waals surface area contributed by atoms with Gasteiger partial charge in [-0.2, -0.15) is 9.97 Å². The van der Waals surface area contributed by atoms with E-state index in [0.717, 1.165) is 24.1 Å². The molecule has 2 heterocycles. The third-order valence-corrected chi connectivity index (χ3v) is 4.56. The van der Waals surface area contributed by atoms with Crippen LogP contribution in [0.4, 0.5) is 22.4 Å². The van der Waals surface area contributed by atoms with E-state index in [1.165, 1.54) is 24.2 Å². The van der Waals surface area contributed by atoms with Crippen LogP contribution >= 0.6 is 0 Å². The summed E-state index contributed by atoms with van der Waals surface area (Å²) in [6, 6.07) is 1.88. The number of anilines is 3. The van der Waals surface area contributed by atoms with Crippen LogP contribution < -0.4 is 16.0 Å². The van der Waals surface area contributed by atoms with Crippen molar-refractivity contribution in [1.29, 1.82) is 0 Å². The Morgan fingerprint density at radius 2 is 2.23 bits per heavy atom. The molecule has 1 aromatic rings. The summed E-state index contributed by atoms with van der Waals surface area (Å²) in [5, 5.41) is 12.3. The van der Waals surface area contributed by atoms with Gasteiger partial charge in [-0.15, -0.1) is 0 Å². The van der Waals surface area contributed by atoms with Gasteiger partial charge >= 0.3 is 6.09 Å². The Balaban J connectivity index is 1.59. The summed E-state index contributed by atoms with van der Waals surface area (Å²) >= 11 is 0. The normalized spacial score (nSPS) is 18.5. The number of nitrogens with one attached hydrogen (secondary N) is 1. The Morgan fingerprint density at radius 1 is 1.50 bits per heavy atom. The van der Waals surface area contributed by atoms with Gasteiger partial charge < -0.3 is 26.0 Å². The molecule has 1 aliphatic carbocycles. The van der Waals surface area contributed by atoms with Crippen molar-refractivity contribution in [3.05, 3.63) is 6.07 Å². The highest BCUT2D eigenvalue weighted by Gasteiger charge is 2.33. The molecule has 22 heavy (non-hydrogen) atoms. The van der Waals surface area contributed by atoms with Crippen LogP contribution in [0.5, 0.6) is 0 Å². The second-order valence-electron chi connectivity index (χ2n) is 6.10. The molecule has 3 rings (SSSR count). The number of rotatable bonds is 5. The summed E-state index contributed by atoms with van der Waals surface area (Å²) in [6.45, 7) is 2.17. The zero-order valence-electron chi connectivity index (χ0n) is 12.7. The fourth-order valence-electron chi connectivity index (χ4n) is 2.69. The van der Waals surface area contributed by atoms with Gasteiger partial charge in [-0.1, -0.05) is 6.42 Å². The number of hydrogen-bond donors (Lipinski definition) is 3. The molecule has 1 saturated carbocycles.